The van der Waals surface area contributed by atoms with Crippen LogP contribution >= 0.6 is 0 Å². The van der Waals surface area contributed by atoms with Gasteiger partial charge in [-0.15, -0.1) is 0 Å². The summed E-state index contributed by atoms with van der Waals surface area (Å²) in [7, 11) is 3.14. The van der Waals surface area contributed by atoms with Crippen molar-refractivity contribution in [1.82, 2.24) is 14.7 Å². The van der Waals surface area contributed by atoms with Crippen molar-refractivity contribution in [1.29, 1.82) is 5.26 Å². The zero-order valence-corrected chi connectivity index (χ0v) is 17.3. The molecule has 0 saturated carbocycles. The van der Waals surface area contributed by atoms with E-state index in [2.05, 4.69) is 5.10 Å². The molecule has 158 valence electrons. The Bertz CT molecular complexity index is 1090. The first-order valence-corrected chi connectivity index (χ1v) is 9.61. The Morgan fingerprint density at radius 2 is 1.84 bits per heavy atom. The molecule has 3 rings (SSSR count). The molecule has 3 aromatic rings. The smallest absolute Gasteiger partial charge is 0.342 e. The van der Waals surface area contributed by atoms with Crippen molar-refractivity contribution in [2.45, 2.75) is 6.42 Å². The zero-order chi connectivity index (χ0) is 22.2. The summed E-state index contributed by atoms with van der Waals surface area (Å²) in [6, 6.07) is 18.5. The lowest BCUT2D eigenvalue weighted by Gasteiger charge is -2.15. The summed E-state index contributed by atoms with van der Waals surface area (Å²) >= 11 is 0. The summed E-state index contributed by atoms with van der Waals surface area (Å²) in [5, 5.41) is 13.2. The van der Waals surface area contributed by atoms with Crippen molar-refractivity contribution in [3.63, 3.8) is 0 Å². The first kappa shape index (κ1) is 21.6. The molecule has 8 heteroatoms. The van der Waals surface area contributed by atoms with Gasteiger partial charge in [-0.1, -0.05) is 18.2 Å². The Hall–Kier alpha value is -4.12. The van der Waals surface area contributed by atoms with E-state index < -0.39 is 12.6 Å². The van der Waals surface area contributed by atoms with Crippen LogP contribution in [0.15, 0.2) is 60.8 Å². The molecule has 0 N–H and O–H groups in total. The van der Waals surface area contributed by atoms with Crippen LogP contribution in [0.3, 0.4) is 0 Å². The van der Waals surface area contributed by atoms with Crippen LogP contribution in [0.1, 0.15) is 16.8 Å². The second kappa shape index (κ2) is 10.1. The van der Waals surface area contributed by atoms with E-state index in [1.54, 1.807) is 49.3 Å². The van der Waals surface area contributed by atoms with E-state index in [1.165, 1.54) is 4.90 Å². The highest BCUT2D eigenvalue weighted by molar-refractivity contribution is 5.97. The third-order valence-corrected chi connectivity index (χ3v) is 4.63. The molecule has 8 nitrogen and oxygen atoms in total. The van der Waals surface area contributed by atoms with Crippen LogP contribution in [0.5, 0.6) is 5.75 Å². The first-order chi connectivity index (χ1) is 15.0. The highest BCUT2D eigenvalue weighted by Gasteiger charge is 2.21. The normalized spacial score (nSPS) is 10.2. The summed E-state index contributed by atoms with van der Waals surface area (Å²) in [6.45, 7) is -0.144. The van der Waals surface area contributed by atoms with Gasteiger partial charge in [0, 0.05) is 25.4 Å². The standard InChI is InChI=1S/C23H22N4O4/c1-26(14-6-13-24)21(28)16-31-23(29)20-15-27(18-7-4-3-5-8-18)25-22(20)17-9-11-19(30-2)12-10-17/h3-5,7-12,15H,6,14,16H2,1-2H3. The molecule has 0 fully saturated rings. The van der Waals surface area contributed by atoms with Gasteiger partial charge in [0.1, 0.15) is 17.0 Å². The average molecular weight is 418 g/mol. The number of aromatic nitrogens is 2. The van der Waals surface area contributed by atoms with Gasteiger partial charge in [-0.3, -0.25) is 4.79 Å². The molecule has 1 heterocycles. The fourth-order valence-corrected chi connectivity index (χ4v) is 2.86. The molecule has 1 amide bonds. The van der Waals surface area contributed by atoms with Gasteiger partial charge >= 0.3 is 5.97 Å². The van der Waals surface area contributed by atoms with E-state index in [0.29, 0.717) is 17.0 Å². The van der Waals surface area contributed by atoms with Gasteiger partial charge in [-0.25, -0.2) is 9.48 Å². The van der Waals surface area contributed by atoms with E-state index in [9.17, 15) is 9.59 Å². The molecule has 0 aliphatic heterocycles. The average Bonchev–Trinajstić information content (AvgIpc) is 3.27. The molecule has 0 unspecified atom stereocenters. The summed E-state index contributed by atoms with van der Waals surface area (Å²) in [5.41, 5.74) is 2.16. The number of ether oxygens (including phenoxy) is 2. The minimum absolute atomic E-state index is 0.210. The number of likely N-dealkylation sites (N-methyl/N-ethyl adjacent to an activating group) is 1. The van der Waals surface area contributed by atoms with Crippen molar-refractivity contribution in [3.8, 4) is 28.8 Å². The molecule has 0 bridgehead atoms. The number of methoxy groups -OCH3 is 1. The monoisotopic (exact) mass is 418 g/mol. The van der Waals surface area contributed by atoms with E-state index in [-0.39, 0.29) is 24.4 Å². The number of carbonyl (C=O) groups is 2. The lowest BCUT2D eigenvalue weighted by atomic mass is 10.1. The zero-order valence-electron chi connectivity index (χ0n) is 17.3. The second-order valence-electron chi connectivity index (χ2n) is 6.70. The summed E-state index contributed by atoms with van der Waals surface area (Å²) in [4.78, 5) is 26.3. The van der Waals surface area contributed by atoms with Gasteiger partial charge in [0.15, 0.2) is 6.61 Å². The van der Waals surface area contributed by atoms with Crippen LogP contribution in [0.4, 0.5) is 0 Å². The highest BCUT2D eigenvalue weighted by atomic mass is 16.5. The number of hydrogen-bond acceptors (Lipinski definition) is 6. The van der Waals surface area contributed by atoms with Gasteiger partial charge in [0.25, 0.3) is 5.91 Å². The third kappa shape index (κ3) is 5.28. The van der Waals surface area contributed by atoms with Crippen molar-refractivity contribution in [3.05, 3.63) is 66.4 Å². The van der Waals surface area contributed by atoms with Gasteiger partial charge < -0.3 is 14.4 Å². The minimum atomic E-state index is -0.657. The number of esters is 1. The van der Waals surface area contributed by atoms with Gasteiger partial charge in [-0.05, 0) is 36.4 Å². The van der Waals surface area contributed by atoms with Crippen molar-refractivity contribution in [2.24, 2.45) is 0 Å². The van der Waals surface area contributed by atoms with Crippen LogP contribution in [-0.2, 0) is 9.53 Å². The minimum Gasteiger partial charge on any atom is -0.497 e. The quantitative estimate of drug-likeness (QED) is 0.522. The van der Waals surface area contributed by atoms with E-state index in [4.69, 9.17) is 14.7 Å². The predicted molar refractivity (Wildman–Crippen MR) is 114 cm³/mol. The maximum atomic E-state index is 12.8. The van der Waals surface area contributed by atoms with Crippen molar-refractivity contribution in [2.75, 3.05) is 27.3 Å². The van der Waals surface area contributed by atoms with E-state index in [1.807, 2.05) is 36.4 Å². The Morgan fingerprint density at radius 1 is 1.13 bits per heavy atom. The molecular weight excluding hydrogens is 396 g/mol. The first-order valence-electron chi connectivity index (χ1n) is 9.61. The number of para-hydroxylation sites is 1. The molecule has 0 spiro atoms. The number of nitrogens with zero attached hydrogens (tertiary/aromatic N) is 4. The van der Waals surface area contributed by atoms with Crippen LogP contribution in [-0.4, -0.2) is 53.9 Å². The molecular formula is C23H22N4O4. The molecule has 0 aliphatic carbocycles. The SMILES string of the molecule is COc1ccc(-c2nn(-c3ccccc3)cc2C(=O)OCC(=O)N(C)CCC#N)cc1. The Morgan fingerprint density at radius 3 is 2.48 bits per heavy atom. The number of rotatable bonds is 8. The largest absolute Gasteiger partial charge is 0.497 e. The topological polar surface area (TPSA) is 97.5 Å². The van der Waals surface area contributed by atoms with E-state index in [0.717, 1.165) is 5.69 Å². The van der Waals surface area contributed by atoms with Crippen LogP contribution in [0.25, 0.3) is 16.9 Å². The molecule has 0 saturated heterocycles. The Kier molecular flexibility index (Phi) is 7.01. The maximum absolute atomic E-state index is 12.8. The van der Waals surface area contributed by atoms with Crippen LogP contribution in [0.2, 0.25) is 0 Å². The molecule has 31 heavy (non-hydrogen) atoms. The van der Waals surface area contributed by atoms with Gasteiger partial charge in [-0.2, -0.15) is 10.4 Å². The van der Waals surface area contributed by atoms with Gasteiger partial charge in [0.2, 0.25) is 0 Å². The number of carbonyl (C=O) groups excluding carboxylic acids is 2. The van der Waals surface area contributed by atoms with Crippen LogP contribution in [0, 0.1) is 11.3 Å². The molecule has 0 atom stereocenters. The summed E-state index contributed by atoms with van der Waals surface area (Å²) < 4.78 is 12.0. The number of nitriles is 1. The number of benzene rings is 2. The lowest BCUT2D eigenvalue weighted by Crippen LogP contribution is -2.31. The third-order valence-electron chi connectivity index (χ3n) is 4.63. The second-order valence-corrected chi connectivity index (χ2v) is 6.70. The summed E-state index contributed by atoms with van der Waals surface area (Å²) in [5.74, 6) is -0.360. The molecule has 0 radical (unpaired) electrons. The maximum Gasteiger partial charge on any atom is 0.342 e. The van der Waals surface area contributed by atoms with Crippen molar-refractivity contribution >= 4 is 11.9 Å². The van der Waals surface area contributed by atoms with Gasteiger partial charge in [0.05, 0.1) is 25.3 Å². The number of amides is 1. The Balaban J connectivity index is 1.86. The van der Waals surface area contributed by atoms with Crippen LogP contribution < -0.4 is 4.74 Å². The fourth-order valence-electron chi connectivity index (χ4n) is 2.86. The molecule has 2 aromatic carbocycles. The number of hydrogen-bond donors (Lipinski definition) is 0. The summed E-state index contributed by atoms with van der Waals surface area (Å²) in [6.07, 6.45) is 1.79. The van der Waals surface area contributed by atoms with Crippen molar-refractivity contribution < 1.29 is 19.1 Å². The predicted octanol–water partition coefficient (Wildman–Crippen LogP) is 3.08. The molecule has 0 aliphatic rings. The fraction of sp³-hybridized carbons (Fsp3) is 0.217. The highest BCUT2D eigenvalue weighted by Crippen LogP contribution is 2.26. The van der Waals surface area contributed by atoms with E-state index >= 15 is 0 Å². The lowest BCUT2D eigenvalue weighted by molar-refractivity contribution is -0.133. The Labute approximate surface area is 180 Å². The molecule has 1 aromatic heterocycles.